The van der Waals surface area contributed by atoms with Crippen LogP contribution >= 0.6 is 11.6 Å². The van der Waals surface area contributed by atoms with E-state index in [9.17, 15) is 14.0 Å². The lowest BCUT2D eigenvalue weighted by molar-refractivity contribution is 0.00690. The molecule has 33 heavy (non-hydrogen) atoms. The molecule has 0 saturated heterocycles. The van der Waals surface area contributed by atoms with Gasteiger partial charge >= 0.3 is 12.1 Å². The molecule has 1 amide bonds. The Morgan fingerprint density at radius 2 is 1.91 bits per heavy atom. The molecule has 0 bridgehead atoms. The average Bonchev–Trinajstić information content (AvgIpc) is 3.08. The number of carbonyl (C=O) groups is 2. The zero-order valence-electron chi connectivity index (χ0n) is 18.7. The quantitative estimate of drug-likeness (QED) is 0.411. The molecule has 3 aromatic heterocycles. The maximum Gasteiger partial charge on any atom is 0.413 e. The number of ether oxygens (including phenoxy) is 2. The monoisotopic (exact) mass is 475 g/mol. The highest BCUT2D eigenvalue weighted by molar-refractivity contribution is 6.30. The second-order valence-corrected chi connectivity index (χ2v) is 8.53. The molecule has 1 N–H and O–H groups in total. The van der Waals surface area contributed by atoms with Gasteiger partial charge in [0.25, 0.3) is 0 Å². The Bertz CT molecular complexity index is 1170. The summed E-state index contributed by atoms with van der Waals surface area (Å²) in [6, 6.07) is 4.35. The van der Waals surface area contributed by atoms with E-state index in [1.54, 1.807) is 46.9 Å². The first-order valence-electron chi connectivity index (χ1n) is 9.95. The Morgan fingerprint density at radius 3 is 2.55 bits per heavy atom. The van der Waals surface area contributed by atoms with E-state index < -0.39 is 29.6 Å². The minimum absolute atomic E-state index is 0.0344. The molecule has 3 heterocycles. The molecule has 0 saturated carbocycles. The molecule has 9 nitrogen and oxygen atoms in total. The summed E-state index contributed by atoms with van der Waals surface area (Å²) in [6.45, 7) is 6.87. The van der Waals surface area contributed by atoms with Crippen LogP contribution in [0.2, 0.25) is 5.15 Å². The summed E-state index contributed by atoms with van der Waals surface area (Å²) < 4.78 is 25.6. The van der Waals surface area contributed by atoms with E-state index in [-0.39, 0.29) is 10.7 Å². The lowest BCUT2D eigenvalue weighted by Crippen LogP contribution is -2.23. The van der Waals surface area contributed by atoms with Crippen molar-refractivity contribution >= 4 is 29.5 Å². The minimum Gasteiger partial charge on any atom is -0.456 e. The largest absolute Gasteiger partial charge is 0.456 e. The van der Waals surface area contributed by atoms with Crippen LogP contribution in [0, 0.1) is 5.82 Å². The fraction of sp³-hybridized carbons (Fsp3) is 0.318. The van der Waals surface area contributed by atoms with Crippen LogP contribution in [0.15, 0.2) is 36.8 Å². The SMILES string of the molecule is CC(OC(=O)Nc1c(-c2ccc(C(=O)OC(C)(C)C)cn2)cnn1C)c1cc(F)cnc1Cl. The van der Waals surface area contributed by atoms with Crippen molar-refractivity contribution in [2.45, 2.75) is 39.4 Å². The molecule has 1 atom stereocenters. The average molecular weight is 476 g/mol. The molecule has 3 rings (SSSR count). The standard InChI is InChI=1S/C22H23ClFN5O4/c1-12(15-8-14(24)10-26-18(15)23)32-21(31)28-19-16(11-27-29(19)5)17-7-6-13(9-25-17)20(30)33-22(2,3)4/h6-12H,1-5H3,(H,28,31). The van der Waals surface area contributed by atoms with Gasteiger partial charge in [0, 0.05) is 18.8 Å². The van der Waals surface area contributed by atoms with Crippen molar-refractivity contribution in [3.05, 3.63) is 58.9 Å². The van der Waals surface area contributed by atoms with E-state index in [1.165, 1.54) is 17.1 Å². The Hall–Kier alpha value is -3.53. The molecule has 174 valence electrons. The summed E-state index contributed by atoms with van der Waals surface area (Å²) in [5.41, 5.74) is 0.872. The first kappa shape index (κ1) is 24.1. The van der Waals surface area contributed by atoms with Gasteiger partial charge in [-0.25, -0.2) is 19.0 Å². The highest BCUT2D eigenvalue weighted by Crippen LogP contribution is 2.28. The molecule has 3 aromatic rings. The molecule has 0 aliphatic heterocycles. The van der Waals surface area contributed by atoms with E-state index in [1.807, 2.05) is 0 Å². The maximum absolute atomic E-state index is 13.5. The molecular weight excluding hydrogens is 453 g/mol. The third-order valence-corrected chi connectivity index (χ3v) is 4.70. The summed E-state index contributed by atoms with van der Waals surface area (Å²) >= 11 is 5.97. The normalized spacial score (nSPS) is 12.2. The van der Waals surface area contributed by atoms with Crippen LogP contribution in [0.25, 0.3) is 11.3 Å². The van der Waals surface area contributed by atoms with Crippen molar-refractivity contribution in [3.63, 3.8) is 0 Å². The molecule has 0 spiro atoms. The van der Waals surface area contributed by atoms with Gasteiger partial charge in [0.15, 0.2) is 0 Å². The molecule has 11 heteroatoms. The van der Waals surface area contributed by atoms with Gasteiger partial charge < -0.3 is 9.47 Å². The third kappa shape index (κ3) is 6.04. The number of nitrogens with one attached hydrogen (secondary N) is 1. The Balaban J connectivity index is 1.75. The van der Waals surface area contributed by atoms with Crippen molar-refractivity contribution in [3.8, 4) is 11.3 Å². The van der Waals surface area contributed by atoms with Crippen LogP contribution in [0.4, 0.5) is 15.0 Å². The number of anilines is 1. The summed E-state index contributed by atoms with van der Waals surface area (Å²) in [6.07, 6.45) is 2.21. The molecule has 0 radical (unpaired) electrons. The first-order valence-corrected chi connectivity index (χ1v) is 10.3. The van der Waals surface area contributed by atoms with Crippen LogP contribution in [-0.4, -0.2) is 37.4 Å². The lowest BCUT2D eigenvalue weighted by atomic mass is 10.1. The number of hydrogen-bond acceptors (Lipinski definition) is 7. The topological polar surface area (TPSA) is 108 Å². The number of amides is 1. The Kier molecular flexibility index (Phi) is 6.97. The van der Waals surface area contributed by atoms with E-state index in [0.29, 0.717) is 22.6 Å². The summed E-state index contributed by atoms with van der Waals surface area (Å²) in [5.74, 6) is -0.776. The van der Waals surface area contributed by atoms with Gasteiger partial charge in [-0.1, -0.05) is 11.6 Å². The van der Waals surface area contributed by atoms with Gasteiger partial charge in [-0.3, -0.25) is 15.0 Å². The van der Waals surface area contributed by atoms with E-state index in [4.69, 9.17) is 21.1 Å². The van der Waals surface area contributed by atoms with E-state index >= 15 is 0 Å². The van der Waals surface area contributed by atoms with Gasteiger partial charge in [-0.05, 0) is 45.9 Å². The molecule has 1 unspecified atom stereocenters. The summed E-state index contributed by atoms with van der Waals surface area (Å²) in [7, 11) is 1.63. The van der Waals surface area contributed by atoms with Gasteiger partial charge in [-0.2, -0.15) is 5.10 Å². The minimum atomic E-state index is -0.858. The van der Waals surface area contributed by atoms with Gasteiger partial charge in [0.1, 0.15) is 28.5 Å². The predicted molar refractivity (Wildman–Crippen MR) is 119 cm³/mol. The summed E-state index contributed by atoms with van der Waals surface area (Å²) in [4.78, 5) is 32.7. The van der Waals surface area contributed by atoms with Crippen LogP contribution in [0.1, 0.15) is 49.7 Å². The van der Waals surface area contributed by atoms with Crippen molar-refractivity contribution in [1.29, 1.82) is 0 Å². The zero-order valence-corrected chi connectivity index (χ0v) is 19.5. The van der Waals surface area contributed by atoms with Crippen LogP contribution < -0.4 is 5.32 Å². The van der Waals surface area contributed by atoms with Crippen molar-refractivity contribution in [2.75, 3.05) is 5.32 Å². The first-order chi connectivity index (χ1) is 15.4. The predicted octanol–water partition coefficient (Wildman–Crippen LogP) is 4.93. The number of nitrogens with zero attached hydrogens (tertiary/aromatic N) is 4. The van der Waals surface area contributed by atoms with Crippen molar-refractivity contribution < 1.29 is 23.5 Å². The van der Waals surface area contributed by atoms with Gasteiger partial charge in [0.05, 0.1) is 29.2 Å². The lowest BCUT2D eigenvalue weighted by Gasteiger charge is -2.19. The number of aryl methyl sites for hydroxylation is 1. The third-order valence-electron chi connectivity index (χ3n) is 4.39. The van der Waals surface area contributed by atoms with E-state index in [0.717, 1.165) is 12.3 Å². The number of esters is 1. The zero-order chi connectivity index (χ0) is 24.3. The Morgan fingerprint density at radius 1 is 1.18 bits per heavy atom. The fourth-order valence-corrected chi connectivity index (χ4v) is 3.11. The maximum atomic E-state index is 13.5. The molecular formula is C22H23ClFN5O4. The van der Waals surface area contributed by atoms with Crippen LogP contribution in [0.5, 0.6) is 0 Å². The number of pyridine rings is 2. The highest BCUT2D eigenvalue weighted by atomic mass is 35.5. The molecule has 0 fully saturated rings. The Labute approximate surface area is 194 Å². The number of carbonyl (C=O) groups excluding carboxylic acids is 2. The van der Waals surface area contributed by atoms with E-state index in [2.05, 4.69) is 20.4 Å². The second kappa shape index (κ2) is 9.53. The second-order valence-electron chi connectivity index (χ2n) is 8.17. The van der Waals surface area contributed by atoms with Crippen LogP contribution in [-0.2, 0) is 16.5 Å². The smallest absolute Gasteiger partial charge is 0.413 e. The number of halogens is 2. The molecule has 0 aliphatic rings. The van der Waals surface area contributed by atoms with Gasteiger partial charge in [0.2, 0.25) is 0 Å². The van der Waals surface area contributed by atoms with Gasteiger partial charge in [-0.15, -0.1) is 0 Å². The molecule has 0 aliphatic carbocycles. The fourth-order valence-electron chi connectivity index (χ4n) is 2.86. The number of hydrogen-bond donors (Lipinski definition) is 1. The van der Waals surface area contributed by atoms with Crippen LogP contribution in [0.3, 0.4) is 0 Å². The molecule has 0 aromatic carbocycles. The number of rotatable bonds is 5. The number of aromatic nitrogens is 4. The highest BCUT2D eigenvalue weighted by Gasteiger charge is 2.21. The van der Waals surface area contributed by atoms with Crippen molar-refractivity contribution in [2.24, 2.45) is 7.05 Å². The summed E-state index contributed by atoms with van der Waals surface area (Å²) in [5, 5.41) is 6.79. The van der Waals surface area contributed by atoms with Crippen molar-refractivity contribution in [1.82, 2.24) is 19.7 Å².